The summed E-state index contributed by atoms with van der Waals surface area (Å²) in [6.45, 7) is 7.92. The number of nitro groups is 1. The van der Waals surface area contributed by atoms with Gasteiger partial charge in [0.05, 0.1) is 28.2 Å². The second-order valence-corrected chi connectivity index (χ2v) is 10.1. The van der Waals surface area contributed by atoms with E-state index in [9.17, 15) is 20.2 Å². The summed E-state index contributed by atoms with van der Waals surface area (Å²) in [5, 5.41) is 21.7. The molecule has 1 aliphatic carbocycles. The smallest absolute Gasteiger partial charge is 0.289 e. The Kier molecular flexibility index (Phi) is 5.74. The number of hydrogen-bond donors (Lipinski definition) is 1. The zero-order valence-corrected chi connectivity index (χ0v) is 20.2. The van der Waals surface area contributed by atoms with Gasteiger partial charge < -0.3 is 5.73 Å². The van der Waals surface area contributed by atoms with Crippen LogP contribution in [0, 0.1) is 40.7 Å². The number of halogens is 1. The molecule has 0 aromatic heterocycles. The first-order valence-corrected chi connectivity index (χ1v) is 11.3. The lowest BCUT2D eigenvalue weighted by Gasteiger charge is -2.44. The summed E-state index contributed by atoms with van der Waals surface area (Å²) in [7, 11) is 0. The largest absolute Gasteiger partial charge is 0.384 e. The predicted molar refractivity (Wildman–Crippen MR) is 131 cm³/mol. The molecule has 2 aromatic carbocycles. The van der Waals surface area contributed by atoms with Gasteiger partial charge >= 0.3 is 0 Å². The number of nitro benzene ring substituents is 1. The number of allylic oxidation sites excluding steroid dienone is 3. The van der Waals surface area contributed by atoms with Crippen LogP contribution in [0.1, 0.15) is 49.3 Å². The molecule has 0 bridgehead atoms. The number of carbonyl (C=O) groups is 1. The van der Waals surface area contributed by atoms with Gasteiger partial charge in [-0.05, 0) is 48.9 Å². The fraction of sp³-hybridized carbons (Fsp3) is 0.308. The molecule has 7 nitrogen and oxygen atoms in total. The minimum atomic E-state index is -0.595. The molecular formula is C26H25ClN4O3. The third kappa shape index (κ3) is 3.84. The molecule has 2 aliphatic rings. The summed E-state index contributed by atoms with van der Waals surface area (Å²) < 4.78 is 0. The number of nitriles is 1. The second-order valence-electron chi connectivity index (χ2n) is 9.73. The third-order valence-electron chi connectivity index (χ3n) is 6.51. The minimum Gasteiger partial charge on any atom is -0.384 e. The predicted octanol–water partition coefficient (Wildman–Crippen LogP) is 5.81. The topological polar surface area (TPSA) is 113 Å². The summed E-state index contributed by atoms with van der Waals surface area (Å²) in [5.41, 5.74) is 10.7. The number of nitrogens with two attached hydrogens (primary N) is 1. The summed E-state index contributed by atoms with van der Waals surface area (Å²) in [6, 6.07) is 12.6. The lowest BCUT2D eigenvalue weighted by Crippen LogP contribution is -2.42. The first kappa shape index (κ1) is 23.5. The Labute approximate surface area is 203 Å². The summed E-state index contributed by atoms with van der Waals surface area (Å²) in [4.78, 5) is 26.2. The quantitative estimate of drug-likeness (QED) is 0.442. The summed E-state index contributed by atoms with van der Waals surface area (Å²) >= 11 is 6.04. The van der Waals surface area contributed by atoms with Crippen LogP contribution in [0.25, 0.3) is 0 Å². The molecule has 1 unspecified atom stereocenters. The Bertz CT molecular complexity index is 1350. The number of aryl methyl sites for hydroxylation is 2. The molecule has 0 fully saturated rings. The van der Waals surface area contributed by atoms with E-state index < -0.39 is 10.8 Å². The van der Waals surface area contributed by atoms with Crippen LogP contribution in [-0.4, -0.2) is 10.7 Å². The Morgan fingerprint density at radius 1 is 1.21 bits per heavy atom. The van der Waals surface area contributed by atoms with Crippen molar-refractivity contribution in [3.05, 3.63) is 90.9 Å². The van der Waals surface area contributed by atoms with Crippen LogP contribution in [0.4, 0.5) is 11.4 Å². The zero-order chi connectivity index (χ0) is 24.9. The number of nitrogens with zero attached hydrogens (tertiary/aromatic N) is 3. The second kappa shape index (κ2) is 8.30. The van der Waals surface area contributed by atoms with Crippen LogP contribution in [0.2, 0.25) is 5.02 Å². The van der Waals surface area contributed by atoms with Crippen molar-refractivity contribution in [2.24, 2.45) is 11.1 Å². The molecule has 2 aromatic rings. The van der Waals surface area contributed by atoms with Gasteiger partial charge in [-0.15, -0.1) is 0 Å². The number of benzene rings is 2. The molecule has 174 valence electrons. The van der Waals surface area contributed by atoms with E-state index in [1.807, 2.05) is 45.9 Å². The fourth-order valence-electron chi connectivity index (χ4n) is 4.97. The lowest BCUT2D eigenvalue weighted by atomic mass is 9.68. The highest BCUT2D eigenvalue weighted by molar-refractivity contribution is 6.32. The number of carbonyl (C=O) groups excluding carboxylic acids is 1. The van der Waals surface area contributed by atoms with Gasteiger partial charge in [-0.1, -0.05) is 49.2 Å². The van der Waals surface area contributed by atoms with Crippen molar-refractivity contribution in [2.75, 3.05) is 4.90 Å². The first-order valence-electron chi connectivity index (χ1n) is 10.9. The van der Waals surface area contributed by atoms with Crippen molar-refractivity contribution in [3.63, 3.8) is 0 Å². The molecule has 0 saturated carbocycles. The van der Waals surface area contributed by atoms with E-state index >= 15 is 0 Å². The van der Waals surface area contributed by atoms with Crippen molar-refractivity contribution < 1.29 is 9.72 Å². The van der Waals surface area contributed by atoms with Gasteiger partial charge in [-0.2, -0.15) is 5.26 Å². The maximum atomic E-state index is 13.6. The van der Waals surface area contributed by atoms with Crippen LogP contribution in [0.5, 0.6) is 0 Å². The van der Waals surface area contributed by atoms with Crippen molar-refractivity contribution >= 4 is 28.8 Å². The Hall–Kier alpha value is -3.63. The summed E-state index contributed by atoms with van der Waals surface area (Å²) in [6.07, 6.45) is 0.853. The molecular weight excluding hydrogens is 452 g/mol. The average Bonchev–Trinajstić information content (AvgIpc) is 2.74. The van der Waals surface area contributed by atoms with Gasteiger partial charge in [-0.25, -0.2) is 0 Å². The van der Waals surface area contributed by atoms with Gasteiger partial charge in [0.2, 0.25) is 0 Å². The molecule has 0 spiro atoms. The number of Topliss-reactive ketones (excluding diaryl/α,β-unsaturated/α-hetero) is 1. The van der Waals surface area contributed by atoms with E-state index in [0.717, 1.165) is 16.7 Å². The van der Waals surface area contributed by atoms with E-state index in [0.29, 0.717) is 29.8 Å². The highest BCUT2D eigenvalue weighted by atomic mass is 35.5. The number of hydrogen-bond acceptors (Lipinski definition) is 6. The van der Waals surface area contributed by atoms with E-state index in [1.165, 1.54) is 12.1 Å². The van der Waals surface area contributed by atoms with Crippen LogP contribution in [0.3, 0.4) is 0 Å². The molecule has 0 radical (unpaired) electrons. The molecule has 1 aliphatic heterocycles. The van der Waals surface area contributed by atoms with Crippen molar-refractivity contribution in [3.8, 4) is 6.07 Å². The minimum absolute atomic E-state index is 0.00340. The SMILES string of the molecule is Cc1ccc(C)c(C2C(C#N)=C(N)N(c3ccc(Cl)c([N+](=O)[O-])c3)C3=C2C(=O)CC(C)(C)C3)c1. The molecule has 0 amide bonds. The van der Waals surface area contributed by atoms with Crippen LogP contribution < -0.4 is 10.6 Å². The Balaban J connectivity index is 2.04. The van der Waals surface area contributed by atoms with Gasteiger partial charge in [0, 0.05) is 23.8 Å². The zero-order valence-electron chi connectivity index (χ0n) is 19.5. The van der Waals surface area contributed by atoms with Crippen molar-refractivity contribution in [2.45, 2.75) is 46.5 Å². The normalized spacial score (nSPS) is 19.7. The van der Waals surface area contributed by atoms with Gasteiger partial charge in [0.1, 0.15) is 10.8 Å². The molecule has 34 heavy (non-hydrogen) atoms. The molecule has 1 heterocycles. The lowest BCUT2D eigenvalue weighted by molar-refractivity contribution is -0.384. The highest BCUT2D eigenvalue weighted by Crippen LogP contribution is 2.51. The molecule has 1 atom stereocenters. The standard InChI is InChI=1S/C26H25ClN4O3/c1-14-5-6-15(2)17(9-14)23-18(13-28)25(29)30(16-7-8-19(27)20(10-16)31(33)34)21-11-26(3,4)12-22(32)24(21)23/h5-10,23H,11-12,29H2,1-4H3. The van der Waals surface area contributed by atoms with E-state index in [1.54, 1.807) is 11.0 Å². The van der Waals surface area contributed by atoms with Gasteiger partial charge in [0.15, 0.2) is 5.78 Å². The van der Waals surface area contributed by atoms with Crippen molar-refractivity contribution in [1.29, 1.82) is 5.26 Å². The highest BCUT2D eigenvalue weighted by Gasteiger charge is 2.45. The van der Waals surface area contributed by atoms with Crippen LogP contribution in [-0.2, 0) is 4.79 Å². The molecule has 0 saturated heterocycles. The van der Waals surface area contributed by atoms with Gasteiger partial charge in [-0.3, -0.25) is 19.8 Å². The maximum absolute atomic E-state index is 13.6. The first-order chi connectivity index (χ1) is 15.9. The van der Waals surface area contributed by atoms with Gasteiger partial charge in [0.25, 0.3) is 5.69 Å². The fourth-order valence-corrected chi connectivity index (χ4v) is 5.15. The third-order valence-corrected chi connectivity index (χ3v) is 6.83. The molecule has 8 heteroatoms. The maximum Gasteiger partial charge on any atom is 0.289 e. The number of anilines is 1. The number of rotatable bonds is 3. The molecule has 4 rings (SSSR count). The average molecular weight is 477 g/mol. The Morgan fingerprint density at radius 2 is 1.91 bits per heavy atom. The Morgan fingerprint density at radius 3 is 2.56 bits per heavy atom. The van der Waals surface area contributed by atoms with Crippen molar-refractivity contribution in [1.82, 2.24) is 0 Å². The van der Waals surface area contributed by atoms with Crippen LogP contribution >= 0.6 is 11.6 Å². The summed E-state index contributed by atoms with van der Waals surface area (Å²) in [5.74, 6) is -0.484. The molecule has 2 N–H and O–H groups in total. The number of ketones is 1. The van der Waals surface area contributed by atoms with Crippen LogP contribution in [0.15, 0.2) is 59.1 Å². The van der Waals surface area contributed by atoms with E-state index in [4.69, 9.17) is 17.3 Å². The monoisotopic (exact) mass is 476 g/mol. The van der Waals surface area contributed by atoms with E-state index in [-0.39, 0.29) is 33.3 Å². The van der Waals surface area contributed by atoms with E-state index in [2.05, 4.69) is 6.07 Å².